The fourth-order valence-corrected chi connectivity index (χ4v) is 4.92. The molecule has 0 aromatic rings. The first-order valence-electron chi connectivity index (χ1n) is 8.45. The first-order chi connectivity index (χ1) is 9.65. The van der Waals surface area contributed by atoms with Gasteiger partial charge in [-0.05, 0) is 51.4 Å². The third-order valence-corrected chi connectivity index (χ3v) is 5.86. The lowest BCUT2D eigenvalue weighted by atomic mass is 9.63. The summed E-state index contributed by atoms with van der Waals surface area (Å²) >= 11 is 0. The maximum atomic E-state index is 9.62. The Morgan fingerprint density at radius 3 is 2.45 bits per heavy atom. The zero-order chi connectivity index (χ0) is 14.3. The molecule has 0 heterocycles. The lowest BCUT2D eigenvalue weighted by molar-refractivity contribution is 0.389. The van der Waals surface area contributed by atoms with Gasteiger partial charge in [0.05, 0.1) is 0 Å². The van der Waals surface area contributed by atoms with E-state index in [1.807, 2.05) is 6.92 Å². The SMILES string of the molecule is CCC1C2=C(CCCC2)C2CCCC(C(C)B(O)O)=C12. The molecule has 0 bridgehead atoms. The smallest absolute Gasteiger partial charge is 0.427 e. The third kappa shape index (κ3) is 2.19. The fourth-order valence-electron chi connectivity index (χ4n) is 4.92. The van der Waals surface area contributed by atoms with E-state index in [1.54, 1.807) is 16.7 Å². The van der Waals surface area contributed by atoms with Gasteiger partial charge in [0.15, 0.2) is 0 Å². The van der Waals surface area contributed by atoms with Gasteiger partial charge in [-0.1, -0.05) is 36.1 Å². The summed E-state index contributed by atoms with van der Waals surface area (Å²) in [5.74, 6) is 1.18. The molecule has 3 aliphatic carbocycles. The molecule has 3 atom stereocenters. The summed E-state index contributed by atoms with van der Waals surface area (Å²) in [6.45, 7) is 4.28. The highest BCUT2D eigenvalue weighted by Crippen LogP contribution is 2.55. The van der Waals surface area contributed by atoms with E-state index in [1.165, 1.54) is 50.5 Å². The standard InChI is InChI=1S/C17H27BO2/c1-3-12-14-7-4-5-8-15(14)16-10-6-9-13(17(12)16)11(2)18(19)20/h11-12,16,19-20H,3-10H2,1-2H3. The van der Waals surface area contributed by atoms with Gasteiger partial charge in [-0.2, -0.15) is 0 Å². The molecular weight excluding hydrogens is 247 g/mol. The van der Waals surface area contributed by atoms with Crippen molar-refractivity contribution in [1.82, 2.24) is 0 Å². The highest BCUT2D eigenvalue weighted by atomic mass is 16.4. The number of fused-ring (bicyclic) bond motifs is 2. The molecule has 0 fully saturated rings. The lowest BCUT2D eigenvalue weighted by Gasteiger charge is -2.31. The topological polar surface area (TPSA) is 40.5 Å². The molecule has 0 amide bonds. The second-order valence-electron chi connectivity index (χ2n) is 6.85. The highest BCUT2D eigenvalue weighted by molar-refractivity contribution is 6.44. The van der Waals surface area contributed by atoms with Crippen molar-refractivity contribution in [3.8, 4) is 0 Å². The van der Waals surface area contributed by atoms with Gasteiger partial charge in [0.25, 0.3) is 0 Å². The van der Waals surface area contributed by atoms with Gasteiger partial charge in [-0.15, -0.1) is 0 Å². The molecular formula is C17H27BO2. The van der Waals surface area contributed by atoms with Crippen LogP contribution < -0.4 is 0 Å². The first kappa shape index (κ1) is 14.4. The van der Waals surface area contributed by atoms with Crippen LogP contribution in [0.15, 0.2) is 22.3 Å². The van der Waals surface area contributed by atoms with E-state index in [4.69, 9.17) is 0 Å². The summed E-state index contributed by atoms with van der Waals surface area (Å²) < 4.78 is 0. The Morgan fingerprint density at radius 2 is 1.80 bits per heavy atom. The lowest BCUT2D eigenvalue weighted by Crippen LogP contribution is -2.24. The maximum Gasteiger partial charge on any atom is 0.458 e. The van der Waals surface area contributed by atoms with Crippen LogP contribution in [0.4, 0.5) is 0 Å². The molecule has 0 aromatic heterocycles. The molecule has 2 N–H and O–H groups in total. The number of hydrogen-bond donors (Lipinski definition) is 2. The van der Waals surface area contributed by atoms with Crippen molar-refractivity contribution in [3.05, 3.63) is 22.3 Å². The van der Waals surface area contributed by atoms with Crippen molar-refractivity contribution < 1.29 is 10.0 Å². The van der Waals surface area contributed by atoms with E-state index in [0.717, 1.165) is 6.42 Å². The third-order valence-electron chi connectivity index (χ3n) is 5.86. The summed E-state index contributed by atoms with van der Waals surface area (Å²) in [5.41, 5.74) is 6.46. The second-order valence-corrected chi connectivity index (χ2v) is 6.85. The molecule has 0 saturated heterocycles. The van der Waals surface area contributed by atoms with Gasteiger partial charge in [0.1, 0.15) is 0 Å². The van der Waals surface area contributed by atoms with Crippen LogP contribution in [0, 0.1) is 11.8 Å². The Morgan fingerprint density at radius 1 is 1.10 bits per heavy atom. The zero-order valence-electron chi connectivity index (χ0n) is 12.9. The Kier molecular flexibility index (Phi) is 4.10. The van der Waals surface area contributed by atoms with E-state index in [0.29, 0.717) is 11.8 Å². The van der Waals surface area contributed by atoms with Gasteiger partial charge < -0.3 is 10.0 Å². The maximum absolute atomic E-state index is 9.62. The summed E-state index contributed by atoms with van der Waals surface area (Å²) in [5, 5.41) is 19.2. The van der Waals surface area contributed by atoms with Crippen LogP contribution in [0.2, 0.25) is 5.82 Å². The van der Waals surface area contributed by atoms with E-state index in [2.05, 4.69) is 6.92 Å². The van der Waals surface area contributed by atoms with E-state index in [9.17, 15) is 10.0 Å². The monoisotopic (exact) mass is 274 g/mol. The predicted molar refractivity (Wildman–Crippen MR) is 83.3 cm³/mol. The Hall–Kier alpha value is -0.535. The van der Waals surface area contributed by atoms with Crippen LogP contribution >= 0.6 is 0 Å². The molecule has 0 spiro atoms. The minimum atomic E-state index is -1.20. The number of hydrogen-bond acceptors (Lipinski definition) is 2. The summed E-state index contributed by atoms with van der Waals surface area (Å²) in [6.07, 6.45) is 10.1. The van der Waals surface area contributed by atoms with Crippen molar-refractivity contribution in [2.45, 2.75) is 71.0 Å². The molecule has 3 unspecified atom stereocenters. The molecule has 0 saturated carbocycles. The molecule has 3 heteroatoms. The minimum absolute atomic E-state index is 0.0943. The minimum Gasteiger partial charge on any atom is -0.427 e. The van der Waals surface area contributed by atoms with Crippen molar-refractivity contribution in [2.24, 2.45) is 11.8 Å². The molecule has 3 aliphatic rings. The van der Waals surface area contributed by atoms with Gasteiger partial charge in [0, 0.05) is 17.7 Å². The van der Waals surface area contributed by atoms with Gasteiger partial charge in [0.2, 0.25) is 0 Å². The van der Waals surface area contributed by atoms with Crippen LogP contribution in [0.1, 0.15) is 65.2 Å². The van der Waals surface area contributed by atoms with Crippen molar-refractivity contribution in [1.29, 1.82) is 0 Å². The largest absolute Gasteiger partial charge is 0.458 e. The van der Waals surface area contributed by atoms with Crippen LogP contribution in [0.3, 0.4) is 0 Å². The van der Waals surface area contributed by atoms with Crippen LogP contribution in [0.25, 0.3) is 0 Å². The molecule has 2 nitrogen and oxygen atoms in total. The Balaban J connectivity index is 2.04. The van der Waals surface area contributed by atoms with Crippen LogP contribution in [-0.2, 0) is 0 Å². The Bertz CT molecular complexity index is 442. The van der Waals surface area contributed by atoms with Gasteiger partial charge in [-0.3, -0.25) is 0 Å². The van der Waals surface area contributed by atoms with Crippen molar-refractivity contribution in [3.63, 3.8) is 0 Å². The average Bonchev–Trinajstić information content (AvgIpc) is 2.80. The molecule has 0 aromatic carbocycles. The predicted octanol–water partition coefficient (Wildman–Crippen LogP) is 3.86. The average molecular weight is 274 g/mol. The number of rotatable bonds is 3. The van der Waals surface area contributed by atoms with E-state index < -0.39 is 7.12 Å². The second kappa shape index (κ2) is 5.69. The Labute approximate surface area is 123 Å². The normalized spacial score (nSPS) is 31.2. The van der Waals surface area contributed by atoms with Gasteiger partial charge in [-0.25, -0.2) is 0 Å². The quantitative estimate of drug-likeness (QED) is 0.606. The van der Waals surface area contributed by atoms with Gasteiger partial charge >= 0.3 is 7.12 Å². The molecule has 0 radical (unpaired) electrons. The van der Waals surface area contributed by atoms with Crippen molar-refractivity contribution in [2.75, 3.05) is 0 Å². The fraction of sp³-hybridized carbons (Fsp3) is 0.765. The summed E-state index contributed by atoms with van der Waals surface area (Å²) in [7, 11) is -1.20. The molecule has 3 rings (SSSR count). The van der Waals surface area contributed by atoms with E-state index in [-0.39, 0.29) is 5.82 Å². The zero-order valence-corrected chi connectivity index (χ0v) is 12.9. The van der Waals surface area contributed by atoms with E-state index >= 15 is 0 Å². The highest BCUT2D eigenvalue weighted by Gasteiger charge is 2.42. The summed E-state index contributed by atoms with van der Waals surface area (Å²) in [6, 6.07) is 0. The molecule has 110 valence electrons. The van der Waals surface area contributed by atoms with Crippen LogP contribution in [0.5, 0.6) is 0 Å². The number of allylic oxidation sites excluding steroid dienone is 4. The molecule has 20 heavy (non-hydrogen) atoms. The molecule has 0 aliphatic heterocycles. The summed E-state index contributed by atoms with van der Waals surface area (Å²) in [4.78, 5) is 0. The van der Waals surface area contributed by atoms with Crippen molar-refractivity contribution >= 4 is 7.12 Å². The first-order valence-corrected chi connectivity index (χ1v) is 8.45. The van der Waals surface area contributed by atoms with Crippen LogP contribution in [-0.4, -0.2) is 17.2 Å².